The van der Waals surface area contributed by atoms with Crippen LogP contribution in [0, 0.1) is 0 Å². The van der Waals surface area contributed by atoms with Crippen LogP contribution in [0.3, 0.4) is 0 Å². The van der Waals surface area contributed by atoms with E-state index in [0.717, 1.165) is 25.3 Å². The van der Waals surface area contributed by atoms with Crippen LogP contribution in [0.5, 0.6) is 0 Å². The van der Waals surface area contributed by atoms with E-state index in [-0.39, 0.29) is 5.41 Å². The number of piperidine rings is 1. The van der Waals surface area contributed by atoms with Crippen molar-refractivity contribution in [1.82, 2.24) is 9.97 Å². The predicted octanol–water partition coefficient (Wildman–Crippen LogP) is 2.62. The molecule has 0 aliphatic carbocycles. The van der Waals surface area contributed by atoms with Crippen molar-refractivity contribution >= 4 is 11.6 Å². The number of hydrogen-bond donors (Lipinski definition) is 1. The van der Waals surface area contributed by atoms with Gasteiger partial charge in [0.05, 0.1) is 0 Å². The molecule has 1 aliphatic heterocycles. The fraction of sp³-hybridized carbons (Fsp3) is 0.375. The summed E-state index contributed by atoms with van der Waals surface area (Å²) in [5.41, 5.74) is 7.33. The Bertz CT molecular complexity index is 584. The molecule has 3 rings (SSSR count). The predicted molar refractivity (Wildman–Crippen MR) is 81.7 cm³/mol. The quantitative estimate of drug-likeness (QED) is 0.909. The molecular formula is C16H20N4. The first-order valence-electron chi connectivity index (χ1n) is 7.05. The molecule has 0 amide bonds. The van der Waals surface area contributed by atoms with Crippen molar-refractivity contribution in [1.29, 1.82) is 0 Å². The van der Waals surface area contributed by atoms with Crippen molar-refractivity contribution < 1.29 is 0 Å². The van der Waals surface area contributed by atoms with Crippen molar-refractivity contribution in [2.45, 2.75) is 25.2 Å². The summed E-state index contributed by atoms with van der Waals surface area (Å²) in [7, 11) is 0. The summed E-state index contributed by atoms with van der Waals surface area (Å²) in [5.74, 6) is 1.46. The van der Waals surface area contributed by atoms with Crippen LogP contribution in [0.4, 0.5) is 11.6 Å². The zero-order chi connectivity index (χ0) is 14.0. The topological polar surface area (TPSA) is 55.0 Å². The zero-order valence-electron chi connectivity index (χ0n) is 11.8. The van der Waals surface area contributed by atoms with Gasteiger partial charge in [0.1, 0.15) is 18.0 Å². The fourth-order valence-corrected chi connectivity index (χ4v) is 3.05. The minimum absolute atomic E-state index is 0.166. The highest BCUT2D eigenvalue weighted by atomic mass is 15.2. The van der Waals surface area contributed by atoms with E-state index in [1.807, 2.05) is 6.07 Å². The molecule has 2 N–H and O–H groups in total. The largest absolute Gasteiger partial charge is 0.384 e. The first-order valence-corrected chi connectivity index (χ1v) is 7.05. The minimum atomic E-state index is 0.166. The Morgan fingerprint density at radius 2 is 2.00 bits per heavy atom. The minimum Gasteiger partial charge on any atom is -0.384 e. The van der Waals surface area contributed by atoms with Crippen LogP contribution in [-0.2, 0) is 5.41 Å². The summed E-state index contributed by atoms with van der Waals surface area (Å²) in [4.78, 5) is 10.6. The second-order valence-electron chi connectivity index (χ2n) is 5.75. The number of benzene rings is 1. The molecule has 104 valence electrons. The second-order valence-corrected chi connectivity index (χ2v) is 5.75. The van der Waals surface area contributed by atoms with E-state index in [9.17, 15) is 0 Å². The highest BCUT2D eigenvalue weighted by Crippen LogP contribution is 2.35. The summed E-state index contributed by atoms with van der Waals surface area (Å²) in [5, 5.41) is 0. The van der Waals surface area contributed by atoms with Crippen molar-refractivity contribution in [2.24, 2.45) is 0 Å². The van der Waals surface area contributed by atoms with Gasteiger partial charge in [-0.2, -0.15) is 0 Å². The SMILES string of the molecule is CC1(c2ccccc2)CCCN(c2cc(N)ncn2)C1. The van der Waals surface area contributed by atoms with Gasteiger partial charge in [-0.25, -0.2) is 9.97 Å². The average Bonchev–Trinajstić information content (AvgIpc) is 2.48. The molecule has 1 aromatic carbocycles. The van der Waals surface area contributed by atoms with Crippen LogP contribution < -0.4 is 10.6 Å². The lowest BCUT2D eigenvalue weighted by molar-refractivity contribution is 0.372. The molecule has 1 fully saturated rings. The maximum atomic E-state index is 5.77. The Kier molecular flexibility index (Phi) is 3.30. The third-order valence-electron chi connectivity index (χ3n) is 4.16. The van der Waals surface area contributed by atoms with Gasteiger partial charge in [0, 0.05) is 24.6 Å². The third kappa shape index (κ3) is 2.46. The molecule has 2 aromatic rings. The van der Waals surface area contributed by atoms with Gasteiger partial charge < -0.3 is 10.6 Å². The molecule has 20 heavy (non-hydrogen) atoms. The van der Waals surface area contributed by atoms with Crippen molar-refractivity contribution in [3.8, 4) is 0 Å². The molecule has 1 aromatic heterocycles. The van der Waals surface area contributed by atoms with E-state index in [1.165, 1.54) is 12.0 Å². The normalized spacial score (nSPS) is 22.8. The van der Waals surface area contributed by atoms with Gasteiger partial charge in [-0.3, -0.25) is 0 Å². The summed E-state index contributed by atoms with van der Waals surface area (Å²) in [6.07, 6.45) is 3.91. The molecule has 4 heteroatoms. The van der Waals surface area contributed by atoms with E-state index in [4.69, 9.17) is 5.73 Å². The van der Waals surface area contributed by atoms with E-state index >= 15 is 0 Å². The Labute approximate surface area is 119 Å². The fourth-order valence-electron chi connectivity index (χ4n) is 3.05. The Morgan fingerprint density at radius 1 is 1.20 bits per heavy atom. The van der Waals surface area contributed by atoms with Gasteiger partial charge in [-0.05, 0) is 18.4 Å². The summed E-state index contributed by atoms with van der Waals surface area (Å²) in [6, 6.07) is 12.6. The van der Waals surface area contributed by atoms with E-state index in [2.05, 4.69) is 52.1 Å². The molecule has 0 bridgehead atoms. The van der Waals surface area contributed by atoms with Crippen LogP contribution in [0.15, 0.2) is 42.7 Å². The van der Waals surface area contributed by atoms with E-state index < -0.39 is 0 Å². The van der Waals surface area contributed by atoms with Gasteiger partial charge in [-0.15, -0.1) is 0 Å². The van der Waals surface area contributed by atoms with Crippen LogP contribution in [-0.4, -0.2) is 23.1 Å². The number of nitrogen functional groups attached to an aromatic ring is 1. The summed E-state index contributed by atoms with van der Waals surface area (Å²) in [6.45, 7) is 4.32. The van der Waals surface area contributed by atoms with Gasteiger partial charge in [0.15, 0.2) is 0 Å². The molecule has 1 aliphatic rings. The van der Waals surface area contributed by atoms with Crippen LogP contribution in [0.1, 0.15) is 25.3 Å². The van der Waals surface area contributed by atoms with E-state index in [0.29, 0.717) is 5.82 Å². The Balaban J connectivity index is 1.87. The summed E-state index contributed by atoms with van der Waals surface area (Å²) < 4.78 is 0. The number of hydrogen-bond acceptors (Lipinski definition) is 4. The van der Waals surface area contributed by atoms with Crippen molar-refractivity contribution in [3.05, 3.63) is 48.3 Å². The van der Waals surface area contributed by atoms with Crippen molar-refractivity contribution in [2.75, 3.05) is 23.7 Å². The Hall–Kier alpha value is -2.10. The third-order valence-corrected chi connectivity index (χ3v) is 4.16. The zero-order valence-corrected chi connectivity index (χ0v) is 11.8. The van der Waals surface area contributed by atoms with Crippen LogP contribution >= 0.6 is 0 Å². The van der Waals surface area contributed by atoms with Gasteiger partial charge in [-0.1, -0.05) is 37.3 Å². The number of anilines is 2. The first-order chi connectivity index (χ1) is 9.67. The standard InChI is InChI=1S/C16H20N4/c1-16(13-6-3-2-4-7-13)8-5-9-20(11-16)15-10-14(17)18-12-19-15/h2-4,6-7,10,12H,5,8-9,11H2,1H3,(H2,17,18,19). The number of nitrogens with two attached hydrogens (primary N) is 1. The second kappa shape index (κ2) is 5.12. The highest BCUT2D eigenvalue weighted by Gasteiger charge is 2.33. The smallest absolute Gasteiger partial charge is 0.134 e. The molecule has 0 radical (unpaired) electrons. The first kappa shape index (κ1) is 12.9. The van der Waals surface area contributed by atoms with Gasteiger partial charge in [0.2, 0.25) is 0 Å². The monoisotopic (exact) mass is 268 g/mol. The summed E-state index contributed by atoms with van der Waals surface area (Å²) >= 11 is 0. The lowest BCUT2D eigenvalue weighted by Crippen LogP contribution is -2.44. The van der Waals surface area contributed by atoms with Gasteiger partial charge >= 0.3 is 0 Å². The lowest BCUT2D eigenvalue weighted by atomic mass is 9.76. The Morgan fingerprint density at radius 3 is 2.75 bits per heavy atom. The highest BCUT2D eigenvalue weighted by molar-refractivity contribution is 5.47. The molecule has 0 saturated carbocycles. The molecule has 0 spiro atoms. The maximum absolute atomic E-state index is 5.77. The lowest BCUT2D eigenvalue weighted by Gasteiger charge is -2.41. The van der Waals surface area contributed by atoms with Gasteiger partial charge in [0.25, 0.3) is 0 Å². The molecule has 4 nitrogen and oxygen atoms in total. The molecule has 1 atom stereocenters. The maximum Gasteiger partial charge on any atom is 0.134 e. The van der Waals surface area contributed by atoms with Crippen molar-refractivity contribution in [3.63, 3.8) is 0 Å². The van der Waals surface area contributed by atoms with E-state index in [1.54, 1.807) is 6.33 Å². The molecule has 2 heterocycles. The number of rotatable bonds is 2. The molecule has 1 saturated heterocycles. The molecule has 1 unspecified atom stereocenters. The molecular weight excluding hydrogens is 248 g/mol. The van der Waals surface area contributed by atoms with Crippen LogP contribution in [0.25, 0.3) is 0 Å². The average molecular weight is 268 g/mol. The number of nitrogens with zero attached hydrogens (tertiary/aromatic N) is 3. The van der Waals surface area contributed by atoms with Crippen LogP contribution in [0.2, 0.25) is 0 Å². The number of aromatic nitrogens is 2.